The average molecular weight is 219 g/mol. The largest absolute Gasteiger partial charge is 0.352 e. The molecule has 1 N–H and O–H groups in total. The van der Waals surface area contributed by atoms with Gasteiger partial charge in [0, 0.05) is 12.0 Å². The second-order valence-electron chi connectivity index (χ2n) is 5.43. The first kappa shape index (κ1) is 12.8. The standard InChI is InChI=1S/C14H21NO/c1-10-6-11(2)8-12(7-10)9-15-13(16)14(3,4)5/h6-8H,9H2,1-5H3,(H,15,16). The Morgan fingerprint density at radius 2 is 1.62 bits per heavy atom. The number of rotatable bonds is 2. The predicted octanol–water partition coefficient (Wildman–Crippen LogP) is 2.97. The molecule has 0 aliphatic carbocycles. The van der Waals surface area contributed by atoms with Gasteiger partial charge in [0.1, 0.15) is 0 Å². The SMILES string of the molecule is Cc1cc(C)cc(CNC(=O)C(C)(C)C)c1. The fraction of sp³-hybridized carbons (Fsp3) is 0.500. The molecule has 0 aliphatic heterocycles. The molecule has 0 radical (unpaired) electrons. The number of hydrogen-bond donors (Lipinski definition) is 1. The van der Waals surface area contributed by atoms with Crippen LogP contribution in [-0.2, 0) is 11.3 Å². The fourth-order valence-corrected chi connectivity index (χ4v) is 1.62. The quantitative estimate of drug-likeness (QED) is 0.814. The van der Waals surface area contributed by atoms with E-state index in [9.17, 15) is 4.79 Å². The highest BCUT2D eigenvalue weighted by atomic mass is 16.2. The Morgan fingerprint density at radius 3 is 2.06 bits per heavy atom. The van der Waals surface area contributed by atoms with Crippen molar-refractivity contribution in [3.8, 4) is 0 Å². The predicted molar refractivity (Wildman–Crippen MR) is 67.2 cm³/mol. The maximum Gasteiger partial charge on any atom is 0.225 e. The van der Waals surface area contributed by atoms with Crippen molar-refractivity contribution in [3.63, 3.8) is 0 Å². The summed E-state index contributed by atoms with van der Waals surface area (Å²) >= 11 is 0. The fourth-order valence-electron chi connectivity index (χ4n) is 1.62. The van der Waals surface area contributed by atoms with Crippen LogP contribution in [0, 0.1) is 19.3 Å². The number of amides is 1. The van der Waals surface area contributed by atoms with E-state index in [2.05, 4.69) is 37.4 Å². The number of carbonyl (C=O) groups is 1. The van der Waals surface area contributed by atoms with Crippen molar-refractivity contribution in [3.05, 3.63) is 34.9 Å². The van der Waals surface area contributed by atoms with Gasteiger partial charge in [-0.05, 0) is 19.4 Å². The molecule has 16 heavy (non-hydrogen) atoms. The summed E-state index contributed by atoms with van der Waals surface area (Å²) in [6.07, 6.45) is 0. The van der Waals surface area contributed by atoms with Gasteiger partial charge in [-0.25, -0.2) is 0 Å². The third kappa shape index (κ3) is 3.69. The molecule has 0 aromatic heterocycles. The van der Waals surface area contributed by atoms with Crippen LogP contribution in [0.1, 0.15) is 37.5 Å². The van der Waals surface area contributed by atoms with Crippen LogP contribution < -0.4 is 5.32 Å². The first-order chi connectivity index (χ1) is 7.29. The summed E-state index contributed by atoms with van der Waals surface area (Å²) in [5.41, 5.74) is 3.31. The van der Waals surface area contributed by atoms with E-state index in [1.54, 1.807) is 0 Å². The van der Waals surface area contributed by atoms with E-state index in [4.69, 9.17) is 0 Å². The summed E-state index contributed by atoms with van der Waals surface area (Å²) < 4.78 is 0. The monoisotopic (exact) mass is 219 g/mol. The van der Waals surface area contributed by atoms with E-state index >= 15 is 0 Å². The topological polar surface area (TPSA) is 29.1 Å². The van der Waals surface area contributed by atoms with E-state index < -0.39 is 0 Å². The van der Waals surface area contributed by atoms with Crippen molar-refractivity contribution in [2.75, 3.05) is 0 Å². The van der Waals surface area contributed by atoms with Gasteiger partial charge in [-0.15, -0.1) is 0 Å². The van der Waals surface area contributed by atoms with Crippen molar-refractivity contribution >= 4 is 5.91 Å². The van der Waals surface area contributed by atoms with Crippen LogP contribution in [0.5, 0.6) is 0 Å². The molecule has 1 aromatic rings. The van der Waals surface area contributed by atoms with Crippen molar-refractivity contribution in [2.24, 2.45) is 5.41 Å². The number of carbonyl (C=O) groups excluding carboxylic acids is 1. The summed E-state index contributed by atoms with van der Waals surface area (Å²) in [5.74, 6) is 0.0895. The molecule has 88 valence electrons. The van der Waals surface area contributed by atoms with Crippen LogP contribution in [-0.4, -0.2) is 5.91 Å². The molecule has 0 spiro atoms. The maximum absolute atomic E-state index is 11.7. The Balaban J connectivity index is 2.65. The van der Waals surface area contributed by atoms with Crippen LogP contribution in [0.25, 0.3) is 0 Å². The molecule has 2 nitrogen and oxygen atoms in total. The third-order valence-corrected chi connectivity index (χ3v) is 2.42. The molecule has 1 rings (SSSR count). The third-order valence-electron chi connectivity index (χ3n) is 2.42. The highest BCUT2D eigenvalue weighted by Crippen LogP contribution is 2.14. The normalized spacial score (nSPS) is 11.3. The van der Waals surface area contributed by atoms with E-state index in [-0.39, 0.29) is 11.3 Å². The summed E-state index contributed by atoms with van der Waals surface area (Å²) in [7, 11) is 0. The van der Waals surface area contributed by atoms with Gasteiger partial charge >= 0.3 is 0 Å². The van der Waals surface area contributed by atoms with Crippen molar-refractivity contribution in [1.82, 2.24) is 5.32 Å². The number of aryl methyl sites for hydroxylation is 2. The van der Waals surface area contributed by atoms with Crippen LogP contribution in [0.15, 0.2) is 18.2 Å². The second kappa shape index (κ2) is 4.69. The lowest BCUT2D eigenvalue weighted by Gasteiger charge is -2.17. The Labute approximate surface area is 98.1 Å². The summed E-state index contributed by atoms with van der Waals surface area (Å²) in [6.45, 7) is 10.5. The molecule has 0 saturated heterocycles. The van der Waals surface area contributed by atoms with Gasteiger partial charge in [0.05, 0.1) is 0 Å². The van der Waals surface area contributed by atoms with E-state index in [0.29, 0.717) is 6.54 Å². The molecular formula is C14H21NO. The number of hydrogen-bond acceptors (Lipinski definition) is 1. The van der Waals surface area contributed by atoms with Crippen LogP contribution in [0.2, 0.25) is 0 Å². The molecule has 0 atom stereocenters. The van der Waals surface area contributed by atoms with Crippen molar-refractivity contribution in [1.29, 1.82) is 0 Å². The van der Waals surface area contributed by atoms with Crippen molar-refractivity contribution in [2.45, 2.75) is 41.2 Å². The lowest BCUT2D eigenvalue weighted by molar-refractivity contribution is -0.128. The molecule has 0 bridgehead atoms. The molecule has 0 aliphatic rings. The highest BCUT2D eigenvalue weighted by molar-refractivity contribution is 5.81. The van der Waals surface area contributed by atoms with Crippen LogP contribution in [0.3, 0.4) is 0 Å². The molecule has 1 amide bonds. The first-order valence-corrected chi connectivity index (χ1v) is 5.64. The second-order valence-corrected chi connectivity index (χ2v) is 5.43. The summed E-state index contributed by atoms with van der Waals surface area (Å²) in [6, 6.07) is 6.35. The molecule has 2 heteroatoms. The van der Waals surface area contributed by atoms with Gasteiger partial charge in [-0.3, -0.25) is 4.79 Å². The van der Waals surface area contributed by atoms with E-state index in [1.807, 2.05) is 20.8 Å². The minimum Gasteiger partial charge on any atom is -0.352 e. The van der Waals surface area contributed by atoms with Crippen molar-refractivity contribution < 1.29 is 4.79 Å². The smallest absolute Gasteiger partial charge is 0.225 e. The van der Waals surface area contributed by atoms with Gasteiger partial charge in [-0.1, -0.05) is 50.1 Å². The minimum atomic E-state index is -0.321. The number of nitrogens with one attached hydrogen (secondary N) is 1. The summed E-state index contributed by atoms with van der Waals surface area (Å²) in [4.78, 5) is 11.7. The van der Waals surface area contributed by atoms with Gasteiger partial charge < -0.3 is 5.32 Å². The van der Waals surface area contributed by atoms with Gasteiger partial charge in [0.15, 0.2) is 0 Å². The number of benzene rings is 1. The zero-order valence-electron chi connectivity index (χ0n) is 10.8. The summed E-state index contributed by atoms with van der Waals surface area (Å²) in [5, 5.41) is 2.95. The zero-order valence-corrected chi connectivity index (χ0v) is 10.8. The first-order valence-electron chi connectivity index (χ1n) is 5.64. The van der Waals surface area contributed by atoms with Gasteiger partial charge in [-0.2, -0.15) is 0 Å². The lowest BCUT2D eigenvalue weighted by atomic mass is 9.95. The molecule has 1 aromatic carbocycles. The zero-order chi connectivity index (χ0) is 12.3. The molecule has 0 heterocycles. The van der Waals surface area contributed by atoms with Gasteiger partial charge in [0.2, 0.25) is 5.91 Å². The lowest BCUT2D eigenvalue weighted by Crippen LogP contribution is -2.34. The average Bonchev–Trinajstić information content (AvgIpc) is 2.11. The van der Waals surface area contributed by atoms with Crippen LogP contribution >= 0.6 is 0 Å². The molecule has 0 fully saturated rings. The molecule has 0 saturated carbocycles. The molecule has 0 unspecified atom stereocenters. The van der Waals surface area contributed by atoms with Gasteiger partial charge in [0.25, 0.3) is 0 Å². The van der Waals surface area contributed by atoms with Crippen LogP contribution in [0.4, 0.5) is 0 Å². The highest BCUT2D eigenvalue weighted by Gasteiger charge is 2.20. The Bertz CT molecular complexity index is 368. The Kier molecular flexibility index (Phi) is 3.74. The van der Waals surface area contributed by atoms with E-state index in [0.717, 1.165) is 5.56 Å². The maximum atomic E-state index is 11.7. The Hall–Kier alpha value is -1.31. The minimum absolute atomic E-state index is 0.0895. The Morgan fingerprint density at radius 1 is 1.12 bits per heavy atom. The van der Waals surface area contributed by atoms with E-state index in [1.165, 1.54) is 11.1 Å². The molecular weight excluding hydrogens is 198 g/mol.